The first-order valence-electron chi connectivity index (χ1n) is 8.40. The first kappa shape index (κ1) is 19.7. The van der Waals surface area contributed by atoms with E-state index >= 15 is 0 Å². The van der Waals surface area contributed by atoms with Crippen molar-refractivity contribution in [2.24, 2.45) is 0 Å². The number of sulfonamides is 1. The van der Waals surface area contributed by atoms with Crippen LogP contribution in [-0.4, -0.2) is 42.9 Å². The van der Waals surface area contributed by atoms with Crippen LogP contribution in [-0.2, 0) is 21.3 Å². The van der Waals surface area contributed by atoms with E-state index in [0.717, 1.165) is 23.0 Å². The second-order valence-corrected chi connectivity index (χ2v) is 7.97. The third-order valence-corrected chi connectivity index (χ3v) is 5.90. The van der Waals surface area contributed by atoms with Crippen molar-refractivity contribution in [1.82, 2.24) is 4.57 Å². The third kappa shape index (κ3) is 3.80. The summed E-state index contributed by atoms with van der Waals surface area (Å²) in [5, 5.41) is 19.7. The van der Waals surface area contributed by atoms with Crippen LogP contribution in [0.15, 0.2) is 47.5 Å². The second kappa shape index (κ2) is 7.53. The number of aryl methyl sites for hydroxylation is 1. The molecule has 1 heterocycles. The van der Waals surface area contributed by atoms with E-state index in [1.54, 1.807) is 25.3 Å². The van der Waals surface area contributed by atoms with Gasteiger partial charge in [-0.25, -0.2) is 13.2 Å². The molecule has 0 aliphatic heterocycles. The van der Waals surface area contributed by atoms with Crippen LogP contribution in [0.3, 0.4) is 0 Å². The standard InChI is InChI=1S/C19H20N2O6S/c1-12-9-17(22)15(19(23)24)11-18(12)28(25,26)20-14-3-4-16-13(10-14)5-6-21(16)7-8-27-2/h3-6,9-11,20,22H,7-8H2,1-2H3,(H,23,24). The van der Waals surface area contributed by atoms with Gasteiger partial charge in [-0.3, -0.25) is 4.72 Å². The van der Waals surface area contributed by atoms with Crippen LogP contribution < -0.4 is 4.72 Å². The first-order valence-corrected chi connectivity index (χ1v) is 9.89. The first-order chi connectivity index (χ1) is 13.2. The lowest BCUT2D eigenvalue weighted by Gasteiger charge is -2.12. The number of anilines is 1. The summed E-state index contributed by atoms with van der Waals surface area (Å²) >= 11 is 0. The number of methoxy groups -OCH3 is 1. The molecular weight excluding hydrogens is 384 g/mol. The Morgan fingerprint density at radius 1 is 1.21 bits per heavy atom. The van der Waals surface area contributed by atoms with Crippen LogP contribution in [0.2, 0.25) is 0 Å². The third-order valence-electron chi connectivity index (χ3n) is 4.37. The minimum Gasteiger partial charge on any atom is -0.507 e. The maximum absolute atomic E-state index is 12.8. The van der Waals surface area contributed by atoms with Crippen molar-refractivity contribution in [3.05, 3.63) is 53.7 Å². The number of ether oxygens (including phenoxy) is 1. The molecule has 3 rings (SSSR count). The minimum absolute atomic E-state index is 0.208. The fraction of sp³-hybridized carbons (Fsp3) is 0.211. The van der Waals surface area contributed by atoms with E-state index in [-0.39, 0.29) is 10.5 Å². The summed E-state index contributed by atoms with van der Waals surface area (Å²) in [6.45, 7) is 2.72. The van der Waals surface area contributed by atoms with Crippen molar-refractivity contribution in [2.45, 2.75) is 18.4 Å². The van der Waals surface area contributed by atoms with Gasteiger partial charge < -0.3 is 19.5 Å². The molecule has 0 amide bonds. The summed E-state index contributed by atoms with van der Waals surface area (Å²) in [5.41, 5.74) is 1.05. The van der Waals surface area contributed by atoms with Gasteiger partial charge in [0.05, 0.1) is 11.5 Å². The zero-order valence-corrected chi connectivity index (χ0v) is 16.2. The number of phenols is 1. The molecule has 28 heavy (non-hydrogen) atoms. The van der Waals surface area contributed by atoms with Crippen LogP contribution >= 0.6 is 0 Å². The molecule has 0 aliphatic carbocycles. The van der Waals surface area contributed by atoms with E-state index in [1.807, 2.05) is 16.8 Å². The minimum atomic E-state index is -4.04. The molecule has 0 aliphatic rings. The number of benzene rings is 2. The molecule has 0 saturated carbocycles. The topological polar surface area (TPSA) is 118 Å². The number of rotatable bonds is 7. The molecule has 9 heteroatoms. The van der Waals surface area contributed by atoms with Gasteiger partial charge in [-0.2, -0.15) is 0 Å². The number of fused-ring (bicyclic) bond motifs is 1. The lowest BCUT2D eigenvalue weighted by Crippen LogP contribution is -2.15. The van der Waals surface area contributed by atoms with Gasteiger partial charge in [0.2, 0.25) is 0 Å². The SMILES string of the molecule is COCCn1ccc2cc(NS(=O)(=O)c3cc(C(=O)O)c(O)cc3C)ccc21. The summed E-state index contributed by atoms with van der Waals surface area (Å²) in [6.07, 6.45) is 1.89. The van der Waals surface area contributed by atoms with Crippen LogP contribution in [0.4, 0.5) is 5.69 Å². The second-order valence-electron chi connectivity index (χ2n) is 6.32. The van der Waals surface area contributed by atoms with E-state index in [4.69, 9.17) is 9.84 Å². The van der Waals surface area contributed by atoms with Crippen LogP contribution in [0.5, 0.6) is 5.75 Å². The molecule has 2 aromatic carbocycles. The smallest absolute Gasteiger partial charge is 0.339 e. The highest BCUT2D eigenvalue weighted by molar-refractivity contribution is 7.92. The van der Waals surface area contributed by atoms with Crippen molar-refractivity contribution in [3.63, 3.8) is 0 Å². The zero-order chi connectivity index (χ0) is 20.5. The van der Waals surface area contributed by atoms with E-state index in [2.05, 4.69) is 4.72 Å². The number of aromatic nitrogens is 1. The highest BCUT2D eigenvalue weighted by Crippen LogP contribution is 2.28. The lowest BCUT2D eigenvalue weighted by molar-refractivity contribution is 0.0693. The molecule has 148 valence electrons. The molecule has 0 saturated heterocycles. The Hall–Kier alpha value is -3.04. The number of hydrogen-bond donors (Lipinski definition) is 3. The number of nitrogens with zero attached hydrogens (tertiary/aromatic N) is 1. The van der Waals surface area contributed by atoms with E-state index < -0.39 is 27.3 Å². The van der Waals surface area contributed by atoms with Gasteiger partial charge in [-0.1, -0.05) is 0 Å². The van der Waals surface area contributed by atoms with Gasteiger partial charge in [0.15, 0.2) is 0 Å². The monoisotopic (exact) mass is 404 g/mol. The number of aromatic carboxylic acids is 1. The molecule has 0 radical (unpaired) electrons. The summed E-state index contributed by atoms with van der Waals surface area (Å²) in [7, 11) is -2.42. The van der Waals surface area contributed by atoms with Crippen molar-refractivity contribution in [2.75, 3.05) is 18.4 Å². The number of carboxylic acid groups (broad SMARTS) is 1. The fourth-order valence-corrected chi connectivity index (χ4v) is 4.30. The average molecular weight is 404 g/mol. The Morgan fingerprint density at radius 3 is 2.64 bits per heavy atom. The summed E-state index contributed by atoms with van der Waals surface area (Å²) in [6, 6.07) is 9.08. The molecule has 0 bridgehead atoms. The van der Waals surface area contributed by atoms with E-state index in [0.29, 0.717) is 18.8 Å². The Bertz CT molecular complexity index is 1150. The maximum atomic E-state index is 12.8. The van der Waals surface area contributed by atoms with Crippen molar-refractivity contribution >= 4 is 32.6 Å². The Kier molecular flexibility index (Phi) is 5.30. The predicted octanol–water partition coefficient (Wildman–Crippen LogP) is 2.80. The molecule has 0 spiro atoms. The van der Waals surface area contributed by atoms with E-state index in [1.165, 1.54) is 6.92 Å². The number of carboxylic acids is 1. The molecule has 0 fully saturated rings. The van der Waals surface area contributed by atoms with Crippen molar-refractivity contribution < 1.29 is 28.2 Å². The Labute approximate surface area is 162 Å². The average Bonchev–Trinajstić information content (AvgIpc) is 3.01. The maximum Gasteiger partial charge on any atom is 0.339 e. The van der Waals surface area contributed by atoms with Crippen LogP contribution in [0, 0.1) is 6.92 Å². The highest BCUT2D eigenvalue weighted by Gasteiger charge is 2.22. The summed E-state index contributed by atoms with van der Waals surface area (Å²) < 4.78 is 35.1. The Morgan fingerprint density at radius 2 is 1.96 bits per heavy atom. The zero-order valence-electron chi connectivity index (χ0n) is 15.3. The number of aromatic hydroxyl groups is 1. The summed E-state index contributed by atoms with van der Waals surface area (Å²) in [4.78, 5) is 11.0. The van der Waals surface area contributed by atoms with Gasteiger partial charge in [-0.15, -0.1) is 0 Å². The molecular formula is C19H20N2O6S. The van der Waals surface area contributed by atoms with Gasteiger partial charge in [0.25, 0.3) is 10.0 Å². The molecule has 8 nitrogen and oxygen atoms in total. The lowest BCUT2D eigenvalue weighted by atomic mass is 10.1. The normalized spacial score (nSPS) is 11.6. The van der Waals surface area contributed by atoms with Gasteiger partial charge in [0.1, 0.15) is 11.3 Å². The van der Waals surface area contributed by atoms with Crippen LogP contribution in [0.25, 0.3) is 10.9 Å². The highest BCUT2D eigenvalue weighted by atomic mass is 32.2. The number of hydrogen-bond acceptors (Lipinski definition) is 5. The molecule has 3 aromatic rings. The summed E-state index contributed by atoms with van der Waals surface area (Å²) in [5.74, 6) is -1.89. The molecule has 1 aromatic heterocycles. The van der Waals surface area contributed by atoms with Gasteiger partial charge in [-0.05, 0) is 48.9 Å². The number of carbonyl (C=O) groups is 1. The molecule has 0 unspecified atom stereocenters. The Balaban J connectivity index is 1.94. The fourth-order valence-electron chi connectivity index (χ4n) is 2.99. The van der Waals surface area contributed by atoms with E-state index in [9.17, 15) is 18.3 Å². The largest absolute Gasteiger partial charge is 0.507 e. The molecule has 3 N–H and O–H groups in total. The quantitative estimate of drug-likeness (QED) is 0.557. The van der Waals surface area contributed by atoms with Crippen molar-refractivity contribution in [1.29, 1.82) is 0 Å². The molecule has 0 atom stereocenters. The van der Waals surface area contributed by atoms with Crippen LogP contribution in [0.1, 0.15) is 15.9 Å². The van der Waals surface area contributed by atoms with Gasteiger partial charge in [0, 0.05) is 36.4 Å². The predicted molar refractivity (Wildman–Crippen MR) is 104 cm³/mol. The number of nitrogens with one attached hydrogen (secondary N) is 1. The van der Waals surface area contributed by atoms with Gasteiger partial charge >= 0.3 is 5.97 Å². The van der Waals surface area contributed by atoms with Crippen molar-refractivity contribution in [3.8, 4) is 5.75 Å².